The van der Waals surface area contributed by atoms with Gasteiger partial charge in [-0.15, -0.1) is 0 Å². The van der Waals surface area contributed by atoms with E-state index < -0.39 is 35.9 Å². The second-order valence-electron chi connectivity index (χ2n) is 15.4. The molecule has 3 aliphatic rings. The molecule has 1 atom stereocenters. The molecule has 3 fully saturated rings. The lowest BCUT2D eigenvalue weighted by atomic mass is 10.0. The van der Waals surface area contributed by atoms with Crippen LogP contribution < -0.4 is 26.2 Å². The third-order valence-corrected chi connectivity index (χ3v) is 11.0. The molecule has 21 heteroatoms. The Morgan fingerprint density at radius 3 is 2.23 bits per heavy atom. The van der Waals surface area contributed by atoms with Gasteiger partial charge < -0.3 is 40.6 Å². The number of ether oxygens (including phenoxy) is 1. The second-order valence-corrected chi connectivity index (χ2v) is 15.4. The normalized spacial score (nSPS) is 16.6. The highest BCUT2D eigenvalue weighted by molar-refractivity contribution is 6.26. The fourth-order valence-corrected chi connectivity index (χ4v) is 7.46. The Balaban J connectivity index is 0.989. The van der Waals surface area contributed by atoms with Crippen LogP contribution in [0.25, 0.3) is 11.4 Å². The smallest absolute Gasteiger partial charge is 0.281 e. The van der Waals surface area contributed by atoms with E-state index in [9.17, 15) is 37.5 Å². The monoisotopic (exact) mass is 902 g/mol. The van der Waals surface area contributed by atoms with Crippen LogP contribution in [-0.2, 0) is 33.5 Å². The maximum absolute atomic E-state index is 14.0. The summed E-state index contributed by atoms with van der Waals surface area (Å²) in [6, 6.07) is -1.15. The molecule has 5 heterocycles. The Labute approximate surface area is 376 Å². The summed E-state index contributed by atoms with van der Waals surface area (Å²) >= 11 is 0. The van der Waals surface area contributed by atoms with Gasteiger partial charge in [0.25, 0.3) is 18.2 Å². The van der Waals surface area contributed by atoms with Gasteiger partial charge in [-0.3, -0.25) is 28.9 Å². The number of piperazine rings is 1. The molecule has 2 aromatic heterocycles. The lowest BCUT2D eigenvalue weighted by Crippen LogP contribution is -2.49. The highest BCUT2D eigenvalue weighted by Crippen LogP contribution is 2.31. The molecule has 0 radical (unpaired) electrons. The number of halogens is 2. The molecule has 4 N–H and O–H groups in total. The number of carbonyl (C=O) groups excluding carboxylic acids is 6. The first-order valence-corrected chi connectivity index (χ1v) is 21.8. The number of anilines is 3. The number of alkyl halides is 2. The molecular weight excluding hydrogens is 847 g/mol. The molecule has 348 valence electrons. The van der Waals surface area contributed by atoms with Crippen molar-refractivity contribution in [3.05, 3.63) is 47.8 Å². The SMILES string of the molecule is C=C/C(C#CCCCCCCCCNC(=O)CCC(=O)N1CCN(c2nc(-c3cnc(N)nc3C(F)F)nc(N3CCOCC3)n2)CC1)=C1\C(=C)C(=O)N(C(CCC=O)C(=O)NC)C1=O. The van der Waals surface area contributed by atoms with Gasteiger partial charge in [0.15, 0.2) is 5.82 Å². The molecule has 19 nitrogen and oxygen atoms in total. The van der Waals surface area contributed by atoms with Crippen LogP contribution in [0.2, 0.25) is 0 Å². The van der Waals surface area contributed by atoms with Gasteiger partial charge in [-0.1, -0.05) is 56.8 Å². The Hall–Kier alpha value is -6.69. The summed E-state index contributed by atoms with van der Waals surface area (Å²) in [4.78, 5) is 103. The molecule has 0 saturated carbocycles. The van der Waals surface area contributed by atoms with Crippen LogP contribution in [0.3, 0.4) is 0 Å². The molecule has 3 aliphatic heterocycles. The first-order valence-electron chi connectivity index (χ1n) is 21.8. The van der Waals surface area contributed by atoms with Crippen molar-refractivity contribution in [1.29, 1.82) is 0 Å². The van der Waals surface area contributed by atoms with E-state index in [-0.39, 0.29) is 77.5 Å². The van der Waals surface area contributed by atoms with Crippen LogP contribution in [0, 0.1) is 11.8 Å². The number of hydrogen-bond acceptors (Lipinski definition) is 15. The largest absolute Gasteiger partial charge is 0.378 e. The number of nitrogens with one attached hydrogen (secondary N) is 2. The summed E-state index contributed by atoms with van der Waals surface area (Å²) in [5.41, 5.74) is 5.13. The predicted molar refractivity (Wildman–Crippen MR) is 236 cm³/mol. The molecule has 65 heavy (non-hydrogen) atoms. The Morgan fingerprint density at radius 1 is 0.923 bits per heavy atom. The Kier molecular flexibility index (Phi) is 18.5. The van der Waals surface area contributed by atoms with E-state index in [1.54, 1.807) is 4.90 Å². The number of nitrogens with two attached hydrogens (primary N) is 1. The van der Waals surface area contributed by atoms with Gasteiger partial charge >= 0.3 is 0 Å². The van der Waals surface area contributed by atoms with Crippen molar-refractivity contribution in [3.63, 3.8) is 0 Å². The number of aromatic nitrogens is 5. The van der Waals surface area contributed by atoms with Gasteiger partial charge in [0.1, 0.15) is 18.0 Å². The van der Waals surface area contributed by atoms with E-state index in [1.165, 1.54) is 19.3 Å². The maximum atomic E-state index is 14.0. The van der Waals surface area contributed by atoms with Gasteiger partial charge in [0, 0.05) is 95.9 Å². The van der Waals surface area contributed by atoms with Crippen LogP contribution in [0.4, 0.5) is 26.6 Å². The zero-order chi connectivity index (χ0) is 46.9. The fourth-order valence-electron chi connectivity index (χ4n) is 7.46. The van der Waals surface area contributed by atoms with E-state index in [2.05, 4.69) is 60.6 Å². The molecule has 3 saturated heterocycles. The van der Waals surface area contributed by atoms with Crippen LogP contribution >= 0.6 is 0 Å². The first kappa shape index (κ1) is 49.3. The quantitative estimate of drug-likeness (QED) is 0.0536. The van der Waals surface area contributed by atoms with Gasteiger partial charge in [0.05, 0.1) is 24.4 Å². The van der Waals surface area contributed by atoms with E-state index in [0.717, 1.165) is 43.4 Å². The van der Waals surface area contributed by atoms with Gasteiger partial charge in [0.2, 0.25) is 35.6 Å². The summed E-state index contributed by atoms with van der Waals surface area (Å²) in [6.07, 6.45) is 6.29. The predicted octanol–water partition coefficient (Wildman–Crippen LogP) is 2.47. The van der Waals surface area contributed by atoms with Crippen molar-refractivity contribution in [2.75, 3.05) is 81.6 Å². The number of imide groups is 1. The molecule has 0 spiro atoms. The molecule has 1 unspecified atom stereocenters. The van der Waals surface area contributed by atoms with Crippen LogP contribution in [0.5, 0.6) is 0 Å². The van der Waals surface area contributed by atoms with Gasteiger partial charge in [-0.05, 0) is 19.3 Å². The molecule has 0 aliphatic carbocycles. The lowest BCUT2D eigenvalue weighted by Gasteiger charge is -2.35. The number of morpholine rings is 1. The summed E-state index contributed by atoms with van der Waals surface area (Å²) in [5.74, 6) is 3.92. The van der Waals surface area contributed by atoms with E-state index in [4.69, 9.17) is 10.5 Å². The average molecular weight is 903 g/mol. The number of nitrogen functional groups attached to an aromatic ring is 1. The molecule has 2 aromatic rings. The minimum absolute atomic E-state index is 0.00251. The standard InChI is InChI=1S/C44H56F2N12O7/c1-4-30(35-29(2)40(63)58(41(35)64)32(15-13-25-59)39(62)48-3)14-11-9-7-5-6-8-10-12-18-49-33(60)16-17-34(61)55-19-21-56(22-20-55)43-52-38(31-28-50-42(47)51-36(31)37(45)46)53-44(54-43)57-23-26-65-27-24-57/h4,25,28,32,37H,1-2,5-10,12-13,15-24,26-27H2,3H3,(H,48,62)(H,49,60)(H2,47,50,51)/b35-30-. The fraction of sp³-hybridized carbons (Fsp3) is 0.523. The van der Waals surface area contributed by atoms with E-state index in [1.807, 2.05) is 9.80 Å². The Bertz CT molecular complexity index is 2200. The van der Waals surface area contributed by atoms with Gasteiger partial charge in [-0.2, -0.15) is 15.0 Å². The van der Waals surface area contributed by atoms with Crippen molar-refractivity contribution >= 4 is 53.7 Å². The molecule has 5 amide bonds. The molecule has 5 rings (SSSR count). The van der Waals surface area contributed by atoms with E-state index >= 15 is 0 Å². The number of likely N-dealkylation sites (N-methyl/N-ethyl adjacent to an activating group) is 1. The summed E-state index contributed by atoms with van der Waals surface area (Å²) in [5, 5.41) is 5.33. The van der Waals surface area contributed by atoms with Crippen molar-refractivity contribution in [2.45, 2.75) is 83.1 Å². The number of unbranched alkanes of at least 4 members (excludes halogenated alkanes) is 6. The molecule has 0 bridgehead atoms. The lowest BCUT2D eigenvalue weighted by molar-refractivity contribution is -0.145. The third kappa shape index (κ3) is 13.2. The number of rotatable bonds is 21. The maximum Gasteiger partial charge on any atom is 0.281 e. The summed E-state index contributed by atoms with van der Waals surface area (Å²) in [7, 11) is 1.39. The summed E-state index contributed by atoms with van der Waals surface area (Å²) in [6.45, 7) is 11.4. The van der Waals surface area contributed by atoms with Crippen LogP contribution in [-0.4, -0.2) is 143 Å². The van der Waals surface area contributed by atoms with Crippen molar-refractivity contribution in [1.82, 2.24) is 45.4 Å². The van der Waals surface area contributed by atoms with Crippen LogP contribution in [0.15, 0.2) is 42.2 Å². The van der Waals surface area contributed by atoms with Crippen molar-refractivity contribution in [3.8, 4) is 23.2 Å². The number of aldehydes is 1. The molecular formula is C44H56F2N12O7. The van der Waals surface area contributed by atoms with Crippen molar-refractivity contribution in [2.24, 2.45) is 0 Å². The summed E-state index contributed by atoms with van der Waals surface area (Å²) < 4.78 is 33.4. The second kappa shape index (κ2) is 24.4. The number of allylic oxidation sites excluding steroid dienone is 2. The van der Waals surface area contributed by atoms with E-state index in [0.29, 0.717) is 77.7 Å². The number of amides is 5. The highest BCUT2D eigenvalue weighted by Gasteiger charge is 2.45. The zero-order valence-electron chi connectivity index (χ0n) is 36.7. The highest BCUT2D eigenvalue weighted by atomic mass is 19.3. The number of nitrogens with zero attached hydrogens (tertiary/aromatic N) is 9. The van der Waals surface area contributed by atoms with Crippen molar-refractivity contribution < 1.29 is 42.3 Å². The number of likely N-dealkylation sites (tertiary alicyclic amines) is 1. The number of hydrogen-bond donors (Lipinski definition) is 3. The zero-order valence-corrected chi connectivity index (χ0v) is 36.7. The minimum atomic E-state index is -2.94. The minimum Gasteiger partial charge on any atom is -0.378 e. The number of carbonyl (C=O) groups is 6. The first-order chi connectivity index (χ1) is 31.4. The third-order valence-electron chi connectivity index (χ3n) is 11.0. The Morgan fingerprint density at radius 2 is 1.58 bits per heavy atom. The molecule has 0 aromatic carbocycles. The average Bonchev–Trinajstić information content (AvgIpc) is 3.54. The topological polar surface area (TPSA) is 239 Å². The van der Waals surface area contributed by atoms with Crippen LogP contribution in [0.1, 0.15) is 82.7 Å². The van der Waals surface area contributed by atoms with Gasteiger partial charge in [-0.25, -0.2) is 18.7 Å².